The second-order valence-electron chi connectivity index (χ2n) is 6.41. The number of nitrogens with zero attached hydrogens (tertiary/aromatic N) is 1. The van der Waals surface area contributed by atoms with Crippen molar-refractivity contribution in [1.82, 2.24) is 10.2 Å². The molecule has 4 nitrogen and oxygen atoms in total. The molecule has 2 aromatic rings. The lowest BCUT2D eigenvalue weighted by molar-refractivity contribution is -0.126. The molecule has 2 N–H and O–H groups in total. The van der Waals surface area contributed by atoms with Gasteiger partial charge in [0.05, 0.1) is 18.2 Å². The van der Waals surface area contributed by atoms with Gasteiger partial charge >= 0.3 is 0 Å². The fraction of sp³-hybridized carbons (Fsp3) is 0.421. The molecule has 3 atom stereocenters. The second-order valence-corrected chi connectivity index (χ2v) is 6.41. The van der Waals surface area contributed by atoms with Gasteiger partial charge in [0.15, 0.2) is 0 Å². The zero-order chi connectivity index (χ0) is 16.4. The van der Waals surface area contributed by atoms with Gasteiger partial charge in [0.25, 0.3) is 0 Å². The number of fused-ring (bicyclic) bond motifs is 1. The van der Waals surface area contributed by atoms with Crippen molar-refractivity contribution in [1.29, 1.82) is 0 Å². The maximum atomic E-state index is 12.5. The lowest BCUT2D eigenvalue weighted by atomic mass is 9.99. The van der Waals surface area contributed by atoms with Crippen LogP contribution in [0, 0.1) is 0 Å². The molecule has 2 aromatic carbocycles. The minimum atomic E-state index is -0.305. The number of aliphatic hydroxyl groups excluding tert-OH is 1. The van der Waals surface area contributed by atoms with Gasteiger partial charge in [0, 0.05) is 13.1 Å². The molecular weight excluding hydrogens is 288 g/mol. The second kappa shape index (κ2) is 6.69. The van der Waals surface area contributed by atoms with Crippen molar-refractivity contribution in [3.8, 4) is 0 Å². The summed E-state index contributed by atoms with van der Waals surface area (Å²) in [6.07, 6.45) is 0.442. The summed E-state index contributed by atoms with van der Waals surface area (Å²) in [5, 5.41) is 15.1. The summed E-state index contributed by atoms with van der Waals surface area (Å²) in [5.41, 5.74) is 1.13. The third kappa shape index (κ3) is 3.38. The molecule has 0 aromatic heterocycles. The lowest BCUT2D eigenvalue weighted by Gasteiger charge is -2.25. The summed E-state index contributed by atoms with van der Waals surface area (Å²) >= 11 is 0. The molecule has 122 valence electrons. The first-order valence-electron chi connectivity index (χ1n) is 8.26. The molecule has 1 aliphatic heterocycles. The van der Waals surface area contributed by atoms with E-state index in [-0.39, 0.29) is 24.1 Å². The summed E-state index contributed by atoms with van der Waals surface area (Å²) in [5.74, 6) is 0.0135. The first-order valence-corrected chi connectivity index (χ1v) is 8.26. The van der Waals surface area contributed by atoms with E-state index in [4.69, 9.17) is 0 Å². The van der Waals surface area contributed by atoms with E-state index < -0.39 is 0 Å². The van der Waals surface area contributed by atoms with Crippen LogP contribution in [0.4, 0.5) is 0 Å². The van der Waals surface area contributed by atoms with Gasteiger partial charge in [0.2, 0.25) is 5.91 Å². The van der Waals surface area contributed by atoms with Crippen molar-refractivity contribution >= 4 is 16.7 Å². The highest BCUT2D eigenvalue weighted by molar-refractivity contribution is 5.87. The smallest absolute Gasteiger partial charge is 0.237 e. The third-order valence-electron chi connectivity index (χ3n) is 4.77. The number of benzene rings is 2. The molecule has 4 heteroatoms. The lowest BCUT2D eigenvalue weighted by Crippen LogP contribution is -2.45. The number of nitrogens with one attached hydrogen (secondary N) is 1. The van der Waals surface area contributed by atoms with Gasteiger partial charge in [-0.1, -0.05) is 42.5 Å². The van der Waals surface area contributed by atoms with Gasteiger partial charge in [-0.25, -0.2) is 0 Å². The highest BCUT2D eigenvalue weighted by Crippen LogP contribution is 2.24. The van der Waals surface area contributed by atoms with E-state index in [0.29, 0.717) is 6.54 Å². The Bertz CT molecular complexity index is 695. The van der Waals surface area contributed by atoms with Crippen LogP contribution in [-0.2, 0) is 4.79 Å². The topological polar surface area (TPSA) is 52.6 Å². The van der Waals surface area contributed by atoms with Crippen LogP contribution in [0.3, 0.4) is 0 Å². The van der Waals surface area contributed by atoms with Crippen molar-refractivity contribution in [2.24, 2.45) is 0 Å². The van der Waals surface area contributed by atoms with Crippen LogP contribution in [0.5, 0.6) is 0 Å². The molecule has 1 amide bonds. The number of aliphatic hydroxyl groups is 1. The number of amides is 1. The van der Waals surface area contributed by atoms with Crippen LogP contribution >= 0.6 is 0 Å². The summed E-state index contributed by atoms with van der Waals surface area (Å²) in [4.78, 5) is 14.6. The zero-order valence-corrected chi connectivity index (χ0v) is 13.7. The van der Waals surface area contributed by atoms with E-state index in [9.17, 15) is 9.90 Å². The van der Waals surface area contributed by atoms with Crippen LogP contribution in [-0.4, -0.2) is 41.1 Å². The van der Waals surface area contributed by atoms with Crippen LogP contribution in [0.15, 0.2) is 42.5 Å². The largest absolute Gasteiger partial charge is 0.392 e. The predicted molar refractivity (Wildman–Crippen MR) is 92.2 cm³/mol. The maximum Gasteiger partial charge on any atom is 0.237 e. The summed E-state index contributed by atoms with van der Waals surface area (Å²) in [6.45, 7) is 5.28. The first kappa shape index (κ1) is 16.0. The molecule has 0 spiro atoms. The average molecular weight is 312 g/mol. The number of hydrogen-bond acceptors (Lipinski definition) is 3. The highest BCUT2D eigenvalue weighted by atomic mass is 16.3. The summed E-state index contributed by atoms with van der Waals surface area (Å²) in [7, 11) is 0. The van der Waals surface area contributed by atoms with E-state index in [1.165, 1.54) is 10.8 Å². The minimum Gasteiger partial charge on any atom is -0.392 e. The van der Waals surface area contributed by atoms with Gasteiger partial charge < -0.3 is 10.4 Å². The molecule has 1 heterocycles. The van der Waals surface area contributed by atoms with Crippen molar-refractivity contribution < 1.29 is 9.90 Å². The standard InChI is InChI=1S/C19H24N2O2/c1-13(17-9-5-7-15-6-3-4-8-18(15)17)20-19(23)14(2)21-11-10-16(22)12-21/h3-9,13-14,16,22H,10-12H2,1-2H3,(H,20,23)/t13?,14?,16-/m1/s1. The van der Waals surface area contributed by atoms with Gasteiger partial charge in [-0.2, -0.15) is 0 Å². The number of β-amino-alcohol motifs (C(OH)–C–C–N with tert-alkyl or cyclic N) is 1. The fourth-order valence-corrected chi connectivity index (χ4v) is 3.33. The Morgan fingerprint density at radius 1 is 1.22 bits per heavy atom. The van der Waals surface area contributed by atoms with Crippen LogP contribution in [0.1, 0.15) is 31.9 Å². The molecular formula is C19H24N2O2. The van der Waals surface area contributed by atoms with E-state index in [1.807, 2.05) is 36.9 Å². The van der Waals surface area contributed by atoms with Crippen molar-refractivity contribution in [3.63, 3.8) is 0 Å². The Morgan fingerprint density at radius 2 is 1.96 bits per heavy atom. The summed E-state index contributed by atoms with van der Waals surface area (Å²) < 4.78 is 0. The van der Waals surface area contributed by atoms with Crippen molar-refractivity contribution in [3.05, 3.63) is 48.0 Å². The zero-order valence-electron chi connectivity index (χ0n) is 13.7. The Kier molecular flexibility index (Phi) is 4.64. The van der Waals surface area contributed by atoms with Crippen LogP contribution in [0.25, 0.3) is 10.8 Å². The molecule has 0 aliphatic carbocycles. The van der Waals surface area contributed by atoms with E-state index in [1.54, 1.807) is 0 Å². The summed E-state index contributed by atoms with van der Waals surface area (Å²) in [6, 6.07) is 14.1. The monoisotopic (exact) mass is 312 g/mol. The molecule has 1 saturated heterocycles. The number of likely N-dealkylation sites (tertiary alicyclic amines) is 1. The van der Waals surface area contributed by atoms with Crippen molar-refractivity contribution in [2.75, 3.05) is 13.1 Å². The number of carbonyl (C=O) groups is 1. The Hall–Kier alpha value is -1.91. The molecule has 0 bridgehead atoms. The van der Waals surface area contributed by atoms with Gasteiger partial charge in [-0.05, 0) is 36.6 Å². The number of rotatable bonds is 4. The first-order chi connectivity index (χ1) is 11.1. The molecule has 23 heavy (non-hydrogen) atoms. The van der Waals surface area contributed by atoms with Gasteiger partial charge in [-0.3, -0.25) is 9.69 Å². The normalized spacial score (nSPS) is 21.3. The minimum absolute atomic E-state index is 0.0135. The molecule has 1 aliphatic rings. The fourth-order valence-electron chi connectivity index (χ4n) is 3.33. The predicted octanol–water partition coefficient (Wildman–Crippen LogP) is 2.47. The average Bonchev–Trinajstić information content (AvgIpc) is 2.99. The molecule has 0 radical (unpaired) electrons. The van der Waals surface area contributed by atoms with Crippen LogP contribution < -0.4 is 5.32 Å². The highest BCUT2D eigenvalue weighted by Gasteiger charge is 2.29. The molecule has 1 fully saturated rings. The van der Waals surface area contributed by atoms with E-state index in [0.717, 1.165) is 18.5 Å². The Balaban J connectivity index is 1.73. The number of carbonyl (C=O) groups excluding carboxylic acids is 1. The van der Waals surface area contributed by atoms with Crippen molar-refractivity contribution in [2.45, 2.75) is 38.5 Å². The number of hydrogen-bond donors (Lipinski definition) is 2. The quantitative estimate of drug-likeness (QED) is 0.912. The van der Waals surface area contributed by atoms with Gasteiger partial charge in [0.1, 0.15) is 0 Å². The molecule has 3 rings (SSSR count). The van der Waals surface area contributed by atoms with E-state index >= 15 is 0 Å². The van der Waals surface area contributed by atoms with Gasteiger partial charge in [-0.15, -0.1) is 0 Å². The van der Waals surface area contributed by atoms with Crippen LogP contribution in [0.2, 0.25) is 0 Å². The molecule has 0 saturated carbocycles. The van der Waals surface area contributed by atoms with E-state index in [2.05, 4.69) is 29.6 Å². The maximum absolute atomic E-state index is 12.5. The Labute approximate surface area is 137 Å². The molecule has 2 unspecified atom stereocenters. The Morgan fingerprint density at radius 3 is 2.70 bits per heavy atom. The third-order valence-corrected chi connectivity index (χ3v) is 4.77. The SMILES string of the molecule is CC(NC(=O)C(C)N1CC[C@@H](O)C1)c1cccc2ccccc12.